The smallest absolute Gasteiger partial charge is 0.339 e. The van der Waals surface area contributed by atoms with Gasteiger partial charge in [-0.25, -0.2) is 9.00 Å². The summed E-state index contributed by atoms with van der Waals surface area (Å²) in [7, 11) is -15.5. The van der Waals surface area contributed by atoms with E-state index in [0.29, 0.717) is 24.3 Å². The quantitative estimate of drug-likeness (QED) is 0.0314. The fourth-order valence-corrected chi connectivity index (χ4v) is 5.77. The number of aromatic hydroxyl groups is 2. The van der Waals surface area contributed by atoms with Gasteiger partial charge in [-0.1, -0.05) is 0 Å². The average molecular weight is 729 g/mol. The van der Waals surface area contributed by atoms with E-state index in [0.717, 1.165) is 12.1 Å². The third kappa shape index (κ3) is 6.85. The number of nitro benzene ring substituents is 1. The van der Waals surface area contributed by atoms with Crippen LogP contribution >= 0.6 is 0 Å². The van der Waals surface area contributed by atoms with Crippen molar-refractivity contribution in [2.45, 2.75) is 9.79 Å². The fourth-order valence-electron chi connectivity index (χ4n) is 3.97. The Bertz CT molecular complexity index is 2470. The number of carboxylic acid groups (broad SMARTS) is 1. The van der Waals surface area contributed by atoms with E-state index in [-0.39, 0.29) is 17.1 Å². The lowest BCUT2D eigenvalue weighted by atomic mass is 10.0. The Morgan fingerprint density at radius 2 is 1.40 bits per heavy atom. The van der Waals surface area contributed by atoms with Crippen molar-refractivity contribution in [3.8, 4) is 11.5 Å². The van der Waals surface area contributed by atoms with Gasteiger partial charge in [0.1, 0.15) is 38.1 Å². The number of nitro groups is 1. The van der Waals surface area contributed by atoms with Crippen LogP contribution in [0.4, 0.5) is 28.4 Å². The lowest BCUT2D eigenvalue weighted by Crippen LogP contribution is -2.22. The topological polar surface area (TPSA) is 380 Å². The molecule has 0 bridgehead atoms. The minimum atomic E-state index is -5.39. The number of phenols is 2. The predicted octanol–water partition coefficient (Wildman–Crippen LogP) is 2.61. The maximum atomic E-state index is 12.6. The van der Waals surface area contributed by atoms with E-state index in [1.54, 1.807) is 0 Å². The maximum Gasteiger partial charge on any atom is 0.339 e. The molecule has 0 atom stereocenters. The number of allylic oxidation sites excluding steroid dienone is 3. The van der Waals surface area contributed by atoms with Gasteiger partial charge in [0.2, 0.25) is 15.9 Å². The highest BCUT2D eigenvalue weighted by atomic mass is 32.2. The molecule has 0 saturated heterocycles. The molecular formula is C23H16N6O16S3. The van der Waals surface area contributed by atoms with Gasteiger partial charge >= 0.3 is 5.97 Å². The van der Waals surface area contributed by atoms with Crippen LogP contribution in [-0.2, 0) is 39.9 Å². The number of ketones is 1. The van der Waals surface area contributed by atoms with Crippen LogP contribution in [-0.4, -0.2) is 76.1 Å². The Morgan fingerprint density at radius 3 is 1.94 bits per heavy atom. The van der Waals surface area contributed by atoms with Crippen LogP contribution in [0.15, 0.2) is 84.0 Å². The second-order valence-electron chi connectivity index (χ2n) is 9.21. The van der Waals surface area contributed by atoms with E-state index in [2.05, 4.69) is 20.5 Å². The molecule has 48 heavy (non-hydrogen) atoms. The number of rotatable bonds is 8. The van der Waals surface area contributed by atoms with Crippen LogP contribution in [0.3, 0.4) is 0 Å². The molecule has 3 aromatic rings. The molecule has 0 aliphatic heterocycles. The summed E-state index contributed by atoms with van der Waals surface area (Å²) < 4.78 is 97.8. The highest BCUT2D eigenvalue weighted by Gasteiger charge is 2.29. The van der Waals surface area contributed by atoms with Gasteiger partial charge in [-0.3, -0.25) is 33.1 Å². The molecule has 4 rings (SSSR count). The number of hydrogen-bond donors (Lipinski definition) is 8. The molecule has 0 radical (unpaired) electrons. The summed E-state index contributed by atoms with van der Waals surface area (Å²) in [5, 5.41) is 54.9. The maximum absolute atomic E-state index is 12.6. The van der Waals surface area contributed by atoms with E-state index in [1.807, 2.05) is 0 Å². The van der Waals surface area contributed by atoms with Crippen LogP contribution in [0.25, 0.3) is 10.8 Å². The summed E-state index contributed by atoms with van der Waals surface area (Å²) >= 11 is 0. The van der Waals surface area contributed by atoms with E-state index < -0.39 is 113 Å². The van der Waals surface area contributed by atoms with Gasteiger partial charge in [0.25, 0.3) is 25.9 Å². The SMILES string of the molecule is Nc1ccc2c(O)c(N=Nc3cc([N+](=O)[O-])cc(S(=O)(=O)O)c3O)c(S(=O)(=O)O)cc2c1N=NC1=CC(=S(=O)(O)O)C=C(C(=O)O)C1=O. The summed E-state index contributed by atoms with van der Waals surface area (Å²) in [4.78, 5) is 30.6. The molecule has 0 saturated carbocycles. The van der Waals surface area contributed by atoms with Crippen LogP contribution in [0, 0.1) is 10.1 Å². The van der Waals surface area contributed by atoms with Gasteiger partial charge in [0.15, 0.2) is 11.5 Å². The molecule has 0 aromatic heterocycles. The number of nitrogens with zero attached hydrogens (tertiary/aromatic N) is 5. The zero-order valence-corrected chi connectivity index (χ0v) is 25.3. The lowest BCUT2D eigenvalue weighted by Gasteiger charge is -2.12. The lowest BCUT2D eigenvalue weighted by molar-refractivity contribution is -0.385. The molecule has 9 N–H and O–H groups in total. The number of nitrogen functional groups attached to an aromatic ring is 1. The number of hydrogen-bond acceptors (Lipinski definition) is 16. The van der Waals surface area contributed by atoms with E-state index in [1.165, 1.54) is 0 Å². The van der Waals surface area contributed by atoms with Gasteiger partial charge in [-0.15, -0.1) is 20.5 Å². The zero-order chi connectivity index (χ0) is 36.1. The van der Waals surface area contributed by atoms with Crippen molar-refractivity contribution in [1.29, 1.82) is 0 Å². The molecule has 0 unspecified atom stereocenters. The van der Waals surface area contributed by atoms with Crippen molar-refractivity contribution in [3.05, 3.63) is 63.9 Å². The van der Waals surface area contributed by atoms with Gasteiger partial charge < -0.3 is 21.1 Å². The van der Waals surface area contributed by atoms with Gasteiger partial charge in [0, 0.05) is 22.9 Å². The molecule has 0 fully saturated rings. The molecule has 252 valence electrons. The van der Waals surface area contributed by atoms with Crippen LogP contribution in [0.1, 0.15) is 0 Å². The summed E-state index contributed by atoms with van der Waals surface area (Å²) in [5.41, 5.74) is -0.105. The number of anilines is 1. The highest BCUT2D eigenvalue weighted by Crippen LogP contribution is 2.46. The Balaban J connectivity index is 1.96. The molecule has 22 nitrogen and oxygen atoms in total. The molecule has 1 aliphatic rings. The number of carbonyl (C=O) groups is 2. The normalized spacial score (nSPS) is 14.5. The van der Waals surface area contributed by atoms with Crippen molar-refractivity contribution in [1.82, 2.24) is 0 Å². The first-order chi connectivity index (χ1) is 22.0. The van der Waals surface area contributed by atoms with Crippen molar-refractivity contribution < 1.29 is 69.1 Å². The number of benzene rings is 3. The predicted molar refractivity (Wildman–Crippen MR) is 160 cm³/mol. The van der Waals surface area contributed by atoms with Gasteiger partial charge in [-0.05, 0) is 30.4 Å². The molecule has 3 aromatic carbocycles. The third-order valence-corrected chi connectivity index (χ3v) is 8.72. The molecule has 0 spiro atoms. The number of fused-ring (bicyclic) bond motifs is 1. The highest BCUT2D eigenvalue weighted by molar-refractivity contribution is 7.92. The van der Waals surface area contributed by atoms with Crippen LogP contribution in [0.2, 0.25) is 0 Å². The Labute approximate surface area is 266 Å². The minimum absolute atomic E-state index is 0.279. The number of Topliss-reactive ketones (excluding diaryl/α,β-unsaturated/α-hetero) is 1. The zero-order valence-electron chi connectivity index (χ0n) is 22.9. The molecule has 0 amide bonds. The second kappa shape index (κ2) is 12.2. The van der Waals surface area contributed by atoms with Crippen LogP contribution < -0.4 is 5.73 Å². The first-order valence-corrected chi connectivity index (χ1v) is 16.3. The van der Waals surface area contributed by atoms with Gasteiger partial charge in [-0.2, -0.15) is 16.8 Å². The molecule has 0 heterocycles. The number of nitrogens with two attached hydrogens (primary N) is 1. The number of azo groups is 2. The number of carboxylic acids is 1. The number of aliphatic carboxylic acids is 1. The summed E-state index contributed by atoms with van der Waals surface area (Å²) in [6.07, 6.45) is 0.944. The fraction of sp³-hybridized carbons (Fsp3) is 0. The van der Waals surface area contributed by atoms with E-state index in [4.69, 9.17) is 5.73 Å². The summed E-state index contributed by atoms with van der Waals surface area (Å²) in [6, 6.07) is 3.47. The molecule has 25 heteroatoms. The Kier molecular flexibility index (Phi) is 8.90. The van der Waals surface area contributed by atoms with Crippen molar-refractivity contribution >= 4 is 86.1 Å². The standard InChI is InChI=1S/C23H16N6O16S3/c24-13-2-1-10-11(18(13)27-26-15-6-9(46(37,38)39)5-12(20(15)30)23(33)34)7-16(47(40,41)42)19(21(10)31)28-25-14-3-8(29(35)36)4-17(22(14)32)48(43,44)45/h1-7,31-32H,24H2,(H,33,34)(H2,37,38,39)(H,40,41,42)(H,43,44,45). The van der Waals surface area contributed by atoms with E-state index >= 15 is 0 Å². The molecular weight excluding hydrogens is 712 g/mol. The number of phenolic OH excluding ortho intramolecular Hbond substituents is 2. The first-order valence-electron chi connectivity index (χ1n) is 12.0. The average Bonchev–Trinajstić information content (AvgIpc) is 2.95. The van der Waals surface area contributed by atoms with Crippen molar-refractivity contribution in [2.24, 2.45) is 20.5 Å². The van der Waals surface area contributed by atoms with Crippen molar-refractivity contribution in [3.63, 3.8) is 0 Å². The Morgan fingerprint density at radius 1 is 0.792 bits per heavy atom. The largest absolute Gasteiger partial charge is 0.505 e. The number of carbonyl (C=O) groups excluding carboxylic acids is 1. The van der Waals surface area contributed by atoms with E-state index in [9.17, 15) is 74.3 Å². The third-order valence-electron chi connectivity index (χ3n) is 6.14. The van der Waals surface area contributed by atoms with Crippen molar-refractivity contribution in [2.75, 3.05) is 5.73 Å². The van der Waals surface area contributed by atoms with Crippen LogP contribution in [0.5, 0.6) is 11.5 Å². The van der Waals surface area contributed by atoms with Gasteiger partial charge in [0.05, 0.1) is 15.5 Å². The molecule has 1 aliphatic carbocycles. The summed E-state index contributed by atoms with van der Waals surface area (Å²) in [6.45, 7) is 0. The second-order valence-corrected chi connectivity index (χ2v) is 13.5. The first kappa shape index (κ1) is 35.2. The number of non-ortho nitro benzene ring substituents is 1. The monoisotopic (exact) mass is 728 g/mol. The summed E-state index contributed by atoms with van der Waals surface area (Å²) in [5.74, 6) is -5.70. The Hall–Kier alpha value is -5.70. The minimum Gasteiger partial charge on any atom is -0.505 e.